The number of carbonyl (C=O) groups is 1. The summed E-state index contributed by atoms with van der Waals surface area (Å²) in [6.45, 7) is 2.28. The van der Waals surface area contributed by atoms with Crippen LogP contribution in [0.25, 0.3) is 6.08 Å². The molecule has 6 atom stereocenters. The van der Waals surface area contributed by atoms with E-state index >= 15 is 0 Å². The maximum Gasteiger partial charge on any atom is 0.330 e. The Morgan fingerprint density at radius 3 is 2.87 bits per heavy atom. The van der Waals surface area contributed by atoms with Gasteiger partial charge in [0.25, 0.3) is 0 Å². The lowest BCUT2D eigenvalue weighted by Crippen LogP contribution is -2.69. The van der Waals surface area contributed by atoms with Crippen molar-refractivity contribution in [3.05, 3.63) is 28.8 Å². The van der Waals surface area contributed by atoms with Crippen LogP contribution < -0.4 is 9.47 Å². The Labute approximate surface area is 182 Å². The van der Waals surface area contributed by atoms with Crippen LogP contribution in [0.3, 0.4) is 0 Å². The van der Waals surface area contributed by atoms with E-state index in [-0.39, 0.29) is 22.9 Å². The second-order valence-corrected chi connectivity index (χ2v) is 10.6. The average Bonchev–Trinajstić information content (AvgIpc) is 3.37. The van der Waals surface area contributed by atoms with E-state index in [4.69, 9.17) is 14.2 Å². The smallest absolute Gasteiger partial charge is 0.330 e. The van der Waals surface area contributed by atoms with Crippen molar-refractivity contribution >= 4 is 12.0 Å². The van der Waals surface area contributed by atoms with Gasteiger partial charge in [-0.05, 0) is 67.2 Å². The van der Waals surface area contributed by atoms with Gasteiger partial charge in [-0.3, -0.25) is 4.90 Å². The third-order valence-corrected chi connectivity index (χ3v) is 9.22. The first-order chi connectivity index (χ1) is 15.0. The Morgan fingerprint density at radius 1 is 1.29 bits per heavy atom. The van der Waals surface area contributed by atoms with E-state index < -0.39 is 6.10 Å². The SMILES string of the molecule is COC(=O)/C=C/c1cc(OC)c2c3c1C14CN(CC5CC5)C1C1CCC(O)[C@@H](O2)[C@@]31C4. The minimum atomic E-state index is -0.445. The number of benzene rings is 1. The van der Waals surface area contributed by atoms with Crippen LogP contribution in [-0.2, 0) is 20.4 Å². The maximum absolute atomic E-state index is 11.9. The van der Waals surface area contributed by atoms with Gasteiger partial charge in [0.1, 0.15) is 6.10 Å². The standard InChI is InChI=1S/C25H29NO5/c1-29-17-9-14(5-8-18(28)30-2)19-20-21(17)31-23-16(27)7-6-15-22-24(19,11-25(15,20)23)12-26(22)10-13-3-4-13/h5,8-9,13,15-16,22-23,27H,3-4,6-7,10-12H2,1-2H3/b8-5+/t15?,16?,22?,23-,24?,25-/m1/s1. The minimum absolute atomic E-state index is 0.0950. The fourth-order valence-electron chi connectivity index (χ4n) is 8.22. The third kappa shape index (κ3) is 2.04. The highest BCUT2D eigenvalue weighted by Gasteiger charge is 2.80. The van der Waals surface area contributed by atoms with Gasteiger partial charge in [0, 0.05) is 41.6 Å². The van der Waals surface area contributed by atoms with Gasteiger partial charge in [-0.1, -0.05) is 0 Å². The molecule has 2 heterocycles. The van der Waals surface area contributed by atoms with Crippen molar-refractivity contribution in [2.75, 3.05) is 27.3 Å². The molecule has 6 heteroatoms. The predicted octanol–water partition coefficient (Wildman–Crippen LogP) is 2.40. The molecule has 4 fully saturated rings. The zero-order valence-electron chi connectivity index (χ0n) is 18.1. The van der Waals surface area contributed by atoms with Gasteiger partial charge in [-0.15, -0.1) is 0 Å². The second kappa shape index (κ2) is 5.84. The molecule has 0 amide bonds. The van der Waals surface area contributed by atoms with Crippen LogP contribution in [0.5, 0.6) is 11.5 Å². The predicted molar refractivity (Wildman–Crippen MR) is 113 cm³/mol. The molecule has 4 unspecified atom stereocenters. The summed E-state index contributed by atoms with van der Waals surface area (Å²) in [6.07, 6.45) is 8.39. The van der Waals surface area contributed by atoms with Crippen molar-refractivity contribution in [1.29, 1.82) is 0 Å². The first-order valence-electron chi connectivity index (χ1n) is 11.6. The summed E-state index contributed by atoms with van der Waals surface area (Å²) in [7, 11) is 3.07. The molecule has 1 aromatic rings. The molecular weight excluding hydrogens is 394 g/mol. The number of nitrogens with zero attached hydrogens (tertiary/aromatic N) is 1. The Hall–Kier alpha value is -2.05. The van der Waals surface area contributed by atoms with E-state index in [1.807, 2.05) is 12.1 Å². The number of hydrogen-bond acceptors (Lipinski definition) is 6. The van der Waals surface area contributed by atoms with Crippen LogP contribution in [0.2, 0.25) is 0 Å². The number of hydrogen-bond donors (Lipinski definition) is 1. The molecule has 4 aliphatic carbocycles. The number of aliphatic hydroxyl groups excluding tert-OH is 1. The number of esters is 1. The molecule has 0 aromatic heterocycles. The molecule has 164 valence electrons. The van der Waals surface area contributed by atoms with Crippen molar-refractivity contribution in [1.82, 2.24) is 4.90 Å². The Bertz CT molecular complexity index is 1030. The Kier molecular flexibility index (Phi) is 3.49. The summed E-state index contributed by atoms with van der Waals surface area (Å²) < 4.78 is 17.1. The molecule has 2 aliphatic heterocycles. The summed E-state index contributed by atoms with van der Waals surface area (Å²) >= 11 is 0. The molecule has 3 saturated carbocycles. The molecule has 2 spiro atoms. The molecular formula is C25H29NO5. The summed E-state index contributed by atoms with van der Waals surface area (Å²) in [5.41, 5.74) is 3.61. The molecule has 6 aliphatic rings. The monoisotopic (exact) mass is 423 g/mol. The van der Waals surface area contributed by atoms with Crippen LogP contribution in [0.4, 0.5) is 0 Å². The molecule has 1 saturated heterocycles. The van der Waals surface area contributed by atoms with E-state index in [2.05, 4.69) is 4.90 Å². The normalized spacial score (nSPS) is 41.0. The van der Waals surface area contributed by atoms with Crippen molar-refractivity contribution in [2.24, 2.45) is 11.8 Å². The first-order valence-corrected chi connectivity index (χ1v) is 11.6. The highest BCUT2D eigenvalue weighted by atomic mass is 16.5. The summed E-state index contributed by atoms with van der Waals surface area (Å²) in [4.78, 5) is 14.6. The van der Waals surface area contributed by atoms with Gasteiger partial charge in [0.2, 0.25) is 0 Å². The quantitative estimate of drug-likeness (QED) is 0.580. The van der Waals surface area contributed by atoms with Gasteiger partial charge in [-0.2, -0.15) is 0 Å². The Balaban J connectivity index is 1.44. The van der Waals surface area contributed by atoms with E-state index in [9.17, 15) is 9.90 Å². The molecule has 7 rings (SSSR count). The number of fused-ring (bicyclic) bond motifs is 1. The van der Waals surface area contributed by atoms with E-state index in [1.54, 1.807) is 7.11 Å². The van der Waals surface area contributed by atoms with Crippen molar-refractivity contribution < 1.29 is 24.1 Å². The number of rotatable bonds is 5. The molecule has 1 N–H and O–H groups in total. The number of ether oxygens (including phenoxy) is 3. The zero-order valence-corrected chi connectivity index (χ0v) is 18.1. The Morgan fingerprint density at radius 2 is 2.13 bits per heavy atom. The van der Waals surface area contributed by atoms with E-state index in [0.29, 0.717) is 17.7 Å². The number of likely N-dealkylation sites (tertiary alicyclic amines) is 1. The summed E-state index contributed by atoms with van der Waals surface area (Å²) in [5, 5.41) is 11.0. The highest BCUT2D eigenvalue weighted by molar-refractivity contribution is 5.88. The molecule has 6 nitrogen and oxygen atoms in total. The van der Waals surface area contributed by atoms with Crippen molar-refractivity contribution in [2.45, 2.75) is 61.2 Å². The third-order valence-electron chi connectivity index (χ3n) is 9.22. The minimum Gasteiger partial charge on any atom is -0.493 e. The second-order valence-electron chi connectivity index (χ2n) is 10.6. The van der Waals surface area contributed by atoms with Gasteiger partial charge < -0.3 is 19.3 Å². The molecule has 1 aromatic carbocycles. The van der Waals surface area contributed by atoms with Gasteiger partial charge in [0.05, 0.1) is 20.3 Å². The van der Waals surface area contributed by atoms with Gasteiger partial charge in [-0.25, -0.2) is 4.79 Å². The van der Waals surface area contributed by atoms with Crippen LogP contribution in [0, 0.1) is 11.8 Å². The number of methoxy groups -OCH3 is 2. The fourth-order valence-corrected chi connectivity index (χ4v) is 8.22. The largest absolute Gasteiger partial charge is 0.493 e. The van der Waals surface area contributed by atoms with Crippen LogP contribution in [-0.4, -0.2) is 61.5 Å². The topological polar surface area (TPSA) is 68.2 Å². The lowest BCUT2D eigenvalue weighted by Gasteiger charge is -2.59. The molecule has 2 bridgehead atoms. The molecule has 31 heavy (non-hydrogen) atoms. The zero-order chi connectivity index (χ0) is 21.1. The van der Waals surface area contributed by atoms with E-state index in [0.717, 1.165) is 43.0 Å². The van der Waals surface area contributed by atoms with Crippen molar-refractivity contribution in [3.63, 3.8) is 0 Å². The highest BCUT2D eigenvalue weighted by Crippen LogP contribution is 2.77. The van der Waals surface area contributed by atoms with Crippen LogP contribution in [0.1, 0.15) is 48.8 Å². The maximum atomic E-state index is 11.9. The number of carbonyl (C=O) groups excluding carboxylic acids is 1. The first kappa shape index (κ1) is 18.5. The van der Waals surface area contributed by atoms with Gasteiger partial charge in [0.15, 0.2) is 11.5 Å². The fraction of sp³-hybridized carbons (Fsp3) is 0.640. The lowest BCUT2D eigenvalue weighted by molar-refractivity contribution is -0.134. The van der Waals surface area contributed by atoms with Crippen molar-refractivity contribution in [3.8, 4) is 11.5 Å². The summed E-state index contributed by atoms with van der Waals surface area (Å²) in [5.74, 6) is 2.56. The lowest BCUT2D eigenvalue weighted by atomic mass is 9.57. The van der Waals surface area contributed by atoms with Crippen LogP contribution in [0.15, 0.2) is 12.1 Å². The number of aliphatic hydroxyl groups is 1. The van der Waals surface area contributed by atoms with Crippen LogP contribution >= 0.6 is 0 Å². The average molecular weight is 424 g/mol. The van der Waals surface area contributed by atoms with Gasteiger partial charge >= 0.3 is 5.97 Å². The molecule has 0 radical (unpaired) electrons. The van der Waals surface area contributed by atoms with E-state index in [1.165, 1.54) is 43.7 Å². The summed E-state index contributed by atoms with van der Waals surface area (Å²) in [6, 6.07) is 2.53.